The predicted molar refractivity (Wildman–Crippen MR) is 66.0 cm³/mol. The number of rotatable bonds is 3. The van der Waals surface area contributed by atoms with Crippen LogP contribution in [0.4, 0.5) is 0 Å². The SMILES string of the molecule is CCC(CN)n1cnc(I)c1I. The van der Waals surface area contributed by atoms with Gasteiger partial charge in [0.05, 0.1) is 6.33 Å². The monoisotopic (exact) mass is 391 g/mol. The van der Waals surface area contributed by atoms with Gasteiger partial charge in [0.1, 0.15) is 7.40 Å². The lowest BCUT2D eigenvalue weighted by Gasteiger charge is -2.14. The molecule has 0 aromatic carbocycles. The van der Waals surface area contributed by atoms with Crippen LogP contribution in [0.1, 0.15) is 19.4 Å². The smallest absolute Gasteiger partial charge is 0.132 e. The summed E-state index contributed by atoms with van der Waals surface area (Å²) in [4.78, 5) is 4.22. The molecule has 3 nitrogen and oxygen atoms in total. The van der Waals surface area contributed by atoms with Crippen LogP contribution in [0.25, 0.3) is 0 Å². The zero-order chi connectivity index (χ0) is 9.14. The zero-order valence-corrected chi connectivity index (χ0v) is 11.1. The van der Waals surface area contributed by atoms with E-state index >= 15 is 0 Å². The standard InChI is InChI=1S/C7H11I2N3/c1-2-5(3-10)12-4-11-6(8)7(12)9/h4-5H,2-3,10H2,1H3. The largest absolute Gasteiger partial charge is 0.328 e. The van der Waals surface area contributed by atoms with E-state index in [2.05, 4.69) is 61.7 Å². The van der Waals surface area contributed by atoms with E-state index in [9.17, 15) is 0 Å². The molecule has 1 aromatic rings. The molecule has 68 valence electrons. The van der Waals surface area contributed by atoms with E-state index < -0.39 is 0 Å². The lowest BCUT2D eigenvalue weighted by atomic mass is 10.2. The highest BCUT2D eigenvalue weighted by molar-refractivity contribution is 14.1. The molecule has 0 aliphatic heterocycles. The Morgan fingerprint density at radius 3 is 2.67 bits per heavy atom. The number of nitrogens with zero attached hydrogens (tertiary/aromatic N) is 2. The molecule has 1 rings (SSSR count). The summed E-state index contributed by atoms with van der Waals surface area (Å²) in [6.45, 7) is 2.82. The van der Waals surface area contributed by atoms with Crippen molar-refractivity contribution in [3.8, 4) is 0 Å². The van der Waals surface area contributed by atoms with Crippen LogP contribution in [-0.2, 0) is 0 Å². The van der Waals surface area contributed by atoms with Crippen molar-refractivity contribution in [1.29, 1.82) is 0 Å². The molecule has 0 saturated carbocycles. The summed E-state index contributed by atoms with van der Waals surface area (Å²) in [5.74, 6) is 0. The minimum absolute atomic E-state index is 0.396. The Hall–Kier alpha value is 0.630. The fraction of sp³-hybridized carbons (Fsp3) is 0.571. The minimum atomic E-state index is 0.396. The summed E-state index contributed by atoms with van der Waals surface area (Å²) in [6, 6.07) is 0.396. The van der Waals surface area contributed by atoms with Crippen LogP contribution >= 0.6 is 45.2 Å². The number of nitrogens with two attached hydrogens (primary N) is 1. The molecule has 1 heterocycles. The first-order valence-corrected chi connectivity index (χ1v) is 5.94. The Kier molecular flexibility index (Phi) is 4.24. The molecular formula is C7H11I2N3. The van der Waals surface area contributed by atoms with Crippen molar-refractivity contribution >= 4 is 45.2 Å². The van der Waals surface area contributed by atoms with Crippen LogP contribution in [0.2, 0.25) is 0 Å². The summed E-state index contributed by atoms with van der Waals surface area (Å²) in [6.07, 6.45) is 2.92. The Morgan fingerprint density at radius 2 is 2.33 bits per heavy atom. The van der Waals surface area contributed by atoms with Crippen molar-refractivity contribution in [1.82, 2.24) is 9.55 Å². The highest BCUT2D eigenvalue weighted by atomic mass is 127. The molecule has 0 bridgehead atoms. The van der Waals surface area contributed by atoms with Crippen LogP contribution < -0.4 is 5.73 Å². The number of halogens is 2. The highest BCUT2D eigenvalue weighted by Gasteiger charge is 2.11. The van der Waals surface area contributed by atoms with Gasteiger partial charge in [-0.2, -0.15) is 0 Å². The highest BCUT2D eigenvalue weighted by Crippen LogP contribution is 2.19. The predicted octanol–water partition coefficient (Wildman–Crippen LogP) is 2.00. The Balaban J connectivity index is 2.93. The summed E-state index contributed by atoms with van der Waals surface area (Å²) in [5.41, 5.74) is 5.64. The maximum absolute atomic E-state index is 5.64. The van der Waals surface area contributed by atoms with E-state index in [4.69, 9.17) is 5.73 Å². The first-order valence-electron chi connectivity index (χ1n) is 3.78. The molecule has 0 aliphatic carbocycles. The molecule has 0 spiro atoms. The number of hydrogen-bond acceptors (Lipinski definition) is 2. The molecule has 1 aromatic heterocycles. The molecule has 12 heavy (non-hydrogen) atoms. The summed E-state index contributed by atoms with van der Waals surface area (Å²) >= 11 is 4.53. The fourth-order valence-corrected chi connectivity index (χ4v) is 2.12. The summed E-state index contributed by atoms with van der Waals surface area (Å²) < 4.78 is 4.38. The van der Waals surface area contributed by atoms with Gasteiger partial charge in [-0.15, -0.1) is 0 Å². The second kappa shape index (κ2) is 4.75. The topological polar surface area (TPSA) is 43.8 Å². The van der Waals surface area contributed by atoms with Gasteiger partial charge in [-0.25, -0.2) is 4.98 Å². The quantitative estimate of drug-likeness (QED) is 0.802. The van der Waals surface area contributed by atoms with Gasteiger partial charge in [0.25, 0.3) is 0 Å². The van der Waals surface area contributed by atoms with E-state index in [1.165, 1.54) is 3.70 Å². The van der Waals surface area contributed by atoms with E-state index in [-0.39, 0.29) is 0 Å². The summed E-state index contributed by atoms with van der Waals surface area (Å²) in [7, 11) is 0. The van der Waals surface area contributed by atoms with E-state index in [0.717, 1.165) is 10.1 Å². The van der Waals surface area contributed by atoms with Crippen LogP contribution in [0.3, 0.4) is 0 Å². The molecular weight excluding hydrogens is 380 g/mol. The van der Waals surface area contributed by atoms with Gasteiger partial charge < -0.3 is 10.3 Å². The lowest BCUT2D eigenvalue weighted by molar-refractivity contribution is 0.487. The average molecular weight is 391 g/mol. The molecule has 1 unspecified atom stereocenters. The number of hydrogen-bond donors (Lipinski definition) is 1. The van der Waals surface area contributed by atoms with Crippen molar-refractivity contribution in [2.45, 2.75) is 19.4 Å². The molecule has 0 amide bonds. The van der Waals surface area contributed by atoms with Crippen LogP contribution in [0, 0.1) is 7.40 Å². The van der Waals surface area contributed by atoms with Gasteiger partial charge in [-0.3, -0.25) is 0 Å². The summed E-state index contributed by atoms with van der Waals surface area (Å²) in [5, 5.41) is 0. The fourth-order valence-electron chi connectivity index (χ4n) is 1.05. The zero-order valence-electron chi connectivity index (χ0n) is 6.80. The van der Waals surface area contributed by atoms with Crippen LogP contribution in [-0.4, -0.2) is 16.1 Å². The third kappa shape index (κ3) is 2.11. The van der Waals surface area contributed by atoms with E-state index in [0.29, 0.717) is 12.6 Å². The average Bonchev–Trinajstić information content (AvgIpc) is 2.38. The molecule has 0 saturated heterocycles. The van der Waals surface area contributed by atoms with Gasteiger partial charge >= 0.3 is 0 Å². The molecule has 0 radical (unpaired) electrons. The van der Waals surface area contributed by atoms with Crippen molar-refractivity contribution in [3.05, 3.63) is 13.7 Å². The Morgan fingerprint density at radius 1 is 1.67 bits per heavy atom. The lowest BCUT2D eigenvalue weighted by Crippen LogP contribution is -2.18. The second-order valence-electron chi connectivity index (χ2n) is 2.53. The number of aromatic nitrogens is 2. The second-order valence-corrected chi connectivity index (χ2v) is 4.57. The van der Waals surface area contributed by atoms with Crippen LogP contribution in [0.5, 0.6) is 0 Å². The van der Waals surface area contributed by atoms with Gasteiger partial charge in [-0.05, 0) is 51.6 Å². The van der Waals surface area contributed by atoms with Gasteiger partial charge in [0.2, 0.25) is 0 Å². The van der Waals surface area contributed by atoms with Crippen molar-refractivity contribution in [2.24, 2.45) is 5.73 Å². The van der Waals surface area contributed by atoms with Crippen molar-refractivity contribution < 1.29 is 0 Å². The Labute approximate surface area is 99.4 Å². The van der Waals surface area contributed by atoms with E-state index in [1.807, 2.05) is 6.33 Å². The minimum Gasteiger partial charge on any atom is -0.328 e. The molecule has 2 N–H and O–H groups in total. The molecule has 0 aliphatic rings. The molecule has 0 fully saturated rings. The maximum atomic E-state index is 5.64. The van der Waals surface area contributed by atoms with Crippen molar-refractivity contribution in [3.63, 3.8) is 0 Å². The number of imidazole rings is 1. The Bertz CT molecular complexity index is 255. The van der Waals surface area contributed by atoms with Gasteiger partial charge in [0, 0.05) is 12.6 Å². The third-order valence-corrected chi connectivity index (χ3v) is 4.72. The van der Waals surface area contributed by atoms with E-state index in [1.54, 1.807) is 0 Å². The normalized spacial score (nSPS) is 13.3. The molecule has 5 heteroatoms. The molecule has 1 atom stereocenters. The first-order chi connectivity index (χ1) is 5.70. The van der Waals surface area contributed by atoms with Gasteiger partial charge in [-0.1, -0.05) is 6.92 Å². The first kappa shape index (κ1) is 10.7. The maximum Gasteiger partial charge on any atom is 0.132 e. The third-order valence-electron chi connectivity index (χ3n) is 1.83. The van der Waals surface area contributed by atoms with Crippen LogP contribution in [0.15, 0.2) is 6.33 Å². The van der Waals surface area contributed by atoms with Gasteiger partial charge in [0.15, 0.2) is 0 Å². The van der Waals surface area contributed by atoms with Crippen molar-refractivity contribution in [2.75, 3.05) is 6.54 Å².